The second-order valence-electron chi connectivity index (χ2n) is 4.66. The Bertz CT molecular complexity index is 729. The Labute approximate surface area is 145 Å². The Morgan fingerprint density at radius 3 is 2.45 bits per heavy atom. The molecule has 0 unspecified atom stereocenters. The highest BCUT2D eigenvalue weighted by atomic mass is 35.5. The minimum Gasteiger partial charge on any atom is -0.331 e. The van der Waals surface area contributed by atoms with Gasteiger partial charge in [0.2, 0.25) is 0 Å². The molecular weight excluding hydrogens is 337 g/mol. The number of hydrazone groups is 1. The number of anilines is 1. The van der Waals surface area contributed by atoms with Gasteiger partial charge in [-0.15, -0.1) is 0 Å². The van der Waals surface area contributed by atoms with Gasteiger partial charge in [-0.3, -0.25) is 5.43 Å². The molecule has 6 heteroatoms. The Hall–Kier alpha value is -1.62. The van der Waals surface area contributed by atoms with Gasteiger partial charge in [-0.25, -0.2) is 0 Å². The summed E-state index contributed by atoms with van der Waals surface area (Å²) in [6.07, 6.45) is 0. The quantitative estimate of drug-likeness (QED) is 0.463. The SMILES string of the molecule is C/C(=N/NC(=S)Nc1cccc(Cl)c1C)c1ccccc1Cl. The zero-order valence-corrected chi connectivity index (χ0v) is 14.5. The first-order chi connectivity index (χ1) is 10.5. The molecule has 0 saturated heterocycles. The van der Waals surface area contributed by atoms with Gasteiger partial charge in [-0.05, 0) is 49.8 Å². The second-order valence-corrected chi connectivity index (χ2v) is 5.88. The third kappa shape index (κ3) is 4.19. The highest BCUT2D eigenvalue weighted by Crippen LogP contribution is 2.22. The molecule has 2 aromatic carbocycles. The molecule has 0 amide bonds. The van der Waals surface area contributed by atoms with E-state index < -0.39 is 0 Å². The van der Waals surface area contributed by atoms with Gasteiger partial charge >= 0.3 is 0 Å². The third-order valence-electron chi connectivity index (χ3n) is 3.10. The molecule has 2 N–H and O–H groups in total. The van der Waals surface area contributed by atoms with Crippen LogP contribution >= 0.6 is 35.4 Å². The van der Waals surface area contributed by atoms with Crippen LogP contribution in [0, 0.1) is 6.92 Å². The number of halogens is 2. The maximum absolute atomic E-state index is 6.13. The van der Waals surface area contributed by atoms with Gasteiger partial charge in [-0.1, -0.05) is 47.5 Å². The molecule has 0 heterocycles. The molecule has 0 aromatic heterocycles. The van der Waals surface area contributed by atoms with Crippen LogP contribution in [-0.4, -0.2) is 10.8 Å². The minimum absolute atomic E-state index is 0.386. The first kappa shape index (κ1) is 16.7. The lowest BCUT2D eigenvalue weighted by atomic mass is 10.1. The van der Waals surface area contributed by atoms with Crippen molar-refractivity contribution in [3.05, 3.63) is 63.6 Å². The average Bonchev–Trinajstić information content (AvgIpc) is 2.50. The number of benzene rings is 2. The lowest BCUT2D eigenvalue weighted by molar-refractivity contribution is 1.04. The predicted molar refractivity (Wildman–Crippen MR) is 99.2 cm³/mol. The third-order valence-corrected chi connectivity index (χ3v) is 4.04. The number of hydrogen-bond donors (Lipinski definition) is 2. The Morgan fingerprint density at radius 1 is 1.05 bits per heavy atom. The van der Waals surface area contributed by atoms with Crippen molar-refractivity contribution in [2.24, 2.45) is 5.10 Å². The van der Waals surface area contributed by atoms with Crippen LogP contribution in [-0.2, 0) is 0 Å². The lowest BCUT2D eigenvalue weighted by Crippen LogP contribution is -2.25. The zero-order chi connectivity index (χ0) is 16.1. The smallest absolute Gasteiger partial charge is 0.191 e. The zero-order valence-electron chi connectivity index (χ0n) is 12.2. The van der Waals surface area contributed by atoms with Crippen molar-refractivity contribution in [2.45, 2.75) is 13.8 Å². The summed E-state index contributed by atoms with van der Waals surface area (Å²) in [5, 5.41) is 9.04. The second kappa shape index (κ2) is 7.58. The normalized spacial score (nSPS) is 11.2. The lowest BCUT2D eigenvalue weighted by Gasteiger charge is -2.11. The molecule has 114 valence electrons. The molecule has 0 fully saturated rings. The molecule has 0 bridgehead atoms. The van der Waals surface area contributed by atoms with Gasteiger partial charge in [0.05, 0.1) is 5.71 Å². The molecule has 0 aliphatic rings. The maximum atomic E-state index is 6.13. The fourth-order valence-corrected chi connectivity index (χ4v) is 2.45. The molecule has 3 nitrogen and oxygen atoms in total. The van der Waals surface area contributed by atoms with Gasteiger partial charge in [-0.2, -0.15) is 5.10 Å². The summed E-state index contributed by atoms with van der Waals surface area (Å²) in [4.78, 5) is 0. The topological polar surface area (TPSA) is 36.4 Å². The summed E-state index contributed by atoms with van der Waals surface area (Å²) in [6, 6.07) is 13.1. The first-order valence-corrected chi connectivity index (χ1v) is 7.76. The van der Waals surface area contributed by atoms with E-state index in [2.05, 4.69) is 15.8 Å². The highest BCUT2D eigenvalue weighted by Gasteiger charge is 2.05. The van der Waals surface area contributed by atoms with E-state index >= 15 is 0 Å². The summed E-state index contributed by atoms with van der Waals surface area (Å²) < 4.78 is 0. The van der Waals surface area contributed by atoms with E-state index in [1.807, 2.05) is 56.3 Å². The number of rotatable bonds is 3. The van der Waals surface area contributed by atoms with Crippen LogP contribution < -0.4 is 10.7 Å². The van der Waals surface area contributed by atoms with Crippen LogP contribution in [0.1, 0.15) is 18.1 Å². The summed E-state index contributed by atoms with van der Waals surface area (Å²) in [5.74, 6) is 0. The van der Waals surface area contributed by atoms with Gasteiger partial charge in [0.15, 0.2) is 5.11 Å². The summed E-state index contributed by atoms with van der Waals surface area (Å²) in [6.45, 7) is 3.78. The molecule has 22 heavy (non-hydrogen) atoms. The van der Waals surface area contributed by atoms with Gasteiger partial charge in [0, 0.05) is 21.3 Å². The highest BCUT2D eigenvalue weighted by molar-refractivity contribution is 7.80. The average molecular weight is 352 g/mol. The summed E-state index contributed by atoms with van der Waals surface area (Å²) in [7, 11) is 0. The number of hydrogen-bond acceptors (Lipinski definition) is 2. The molecule has 2 rings (SSSR count). The Balaban J connectivity index is 2.05. The standard InChI is InChI=1S/C16H15Cl2N3S/c1-10-13(17)8-5-9-15(10)19-16(22)21-20-11(2)12-6-3-4-7-14(12)18/h3-9H,1-2H3,(H2,19,21,22)/b20-11-. The largest absolute Gasteiger partial charge is 0.331 e. The van der Waals surface area contributed by atoms with E-state index in [0.29, 0.717) is 15.2 Å². The molecular formula is C16H15Cl2N3S. The summed E-state index contributed by atoms with van der Waals surface area (Å²) in [5.41, 5.74) is 6.19. The fraction of sp³-hybridized carbons (Fsp3) is 0.125. The number of nitrogens with one attached hydrogen (secondary N) is 2. The van der Waals surface area contributed by atoms with E-state index in [1.54, 1.807) is 0 Å². The summed E-state index contributed by atoms with van der Waals surface area (Å²) >= 11 is 17.4. The predicted octanol–water partition coefficient (Wildman–Crippen LogP) is 5.01. The van der Waals surface area contributed by atoms with Gasteiger partial charge < -0.3 is 5.32 Å². The van der Waals surface area contributed by atoms with Crippen molar-refractivity contribution in [2.75, 3.05) is 5.32 Å². The Kier molecular flexibility index (Phi) is 5.77. The van der Waals surface area contributed by atoms with Crippen molar-refractivity contribution in [3.63, 3.8) is 0 Å². The van der Waals surface area contributed by atoms with Crippen LogP contribution in [0.5, 0.6) is 0 Å². The van der Waals surface area contributed by atoms with Crippen LogP contribution in [0.4, 0.5) is 5.69 Å². The molecule has 2 aromatic rings. The van der Waals surface area contributed by atoms with Crippen molar-refractivity contribution >= 4 is 51.9 Å². The Morgan fingerprint density at radius 2 is 1.73 bits per heavy atom. The van der Waals surface area contributed by atoms with Crippen molar-refractivity contribution in [3.8, 4) is 0 Å². The van der Waals surface area contributed by atoms with Crippen LogP contribution in [0.2, 0.25) is 10.0 Å². The van der Waals surface area contributed by atoms with Crippen LogP contribution in [0.3, 0.4) is 0 Å². The minimum atomic E-state index is 0.386. The van der Waals surface area contributed by atoms with E-state index in [4.69, 9.17) is 35.4 Å². The molecule has 0 spiro atoms. The van der Waals surface area contributed by atoms with E-state index in [1.165, 1.54) is 0 Å². The number of thiocarbonyl (C=S) groups is 1. The van der Waals surface area contributed by atoms with E-state index in [-0.39, 0.29) is 0 Å². The van der Waals surface area contributed by atoms with Crippen molar-refractivity contribution in [1.82, 2.24) is 5.43 Å². The van der Waals surface area contributed by atoms with Gasteiger partial charge in [0.1, 0.15) is 0 Å². The maximum Gasteiger partial charge on any atom is 0.191 e. The van der Waals surface area contributed by atoms with Crippen LogP contribution in [0.15, 0.2) is 47.6 Å². The van der Waals surface area contributed by atoms with E-state index in [0.717, 1.165) is 22.5 Å². The van der Waals surface area contributed by atoms with E-state index in [9.17, 15) is 0 Å². The monoisotopic (exact) mass is 351 g/mol. The molecule has 0 saturated carbocycles. The van der Waals surface area contributed by atoms with Crippen molar-refractivity contribution in [1.29, 1.82) is 0 Å². The molecule has 0 atom stereocenters. The number of nitrogens with zero attached hydrogens (tertiary/aromatic N) is 1. The molecule has 0 aliphatic heterocycles. The van der Waals surface area contributed by atoms with Crippen LogP contribution in [0.25, 0.3) is 0 Å². The fourth-order valence-electron chi connectivity index (χ4n) is 1.84. The molecule has 0 aliphatic carbocycles. The first-order valence-electron chi connectivity index (χ1n) is 6.60. The molecule has 0 radical (unpaired) electrons. The van der Waals surface area contributed by atoms with Crippen molar-refractivity contribution < 1.29 is 0 Å². The van der Waals surface area contributed by atoms with Gasteiger partial charge in [0.25, 0.3) is 0 Å².